The highest BCUT2D eigenvalue weighted by molar-refractivity contribution is 7.10. The largest absolute Gasteiger partial charge is 0.412 e. The molecule has 0 aromatic rings. The van der Waals surface area contributed by atoms with Gasteiger partial charge in [-0.25, -0.2) is 0 Å². The third kappa shape index (κ3) is 5.01. The summed E-state index contributed by atoms with van der Waals surface area (Å²) in [6.07, 6.45) is 0. The quantitative estimate of drug-likeness (QED) is 0.581. The minimum absolute atomic E-state index is 0.539. The first-order chi connectivity index (χ1) is 5.76. The average molecular weight is 210 g/mol. The van der Waals surface area contributed by atoms with Gasteiger partial charge in [0.05, 0.1) is 0 Å². The Hall–Kier alpha value is 0.274. The van der Waals surface area contributed by atoms with Crippen LogP contribution in [-0.2, 0) is 13.3 Å². The Morgan fingerprint density at radius 2 is 1.33 bits per heavy atom. The van der Waals surface area contributed by atoms with Crippen LogP contribution in [0.2, 0.25) is 0 Å². The van der Waals surface area contributed by atoms with E-state index in [1.54, 1.807) is 0 Å². The lowest BCUT2D eigenvalue weighted by Crippen LogP contribution is -2.43. The fourth-order valence-electron chi connectivity index (χ4n) is 0.791. The Morgan fingerprint density at radius 1 is 0.917 bits per heavy atom. The highest BCUT2D eigenvalue weighted by Gasteiger charge is 2.27. The van der Waals surface area contributed by atoms with E-state index in [1.165, 1.54) is 0 Å². The molecular weight excluding hydrogens is 192 g/mol. The van der Waals surface area contributed by atoms with E-state index < -0.39 is 17.6 Å². The molecule has 4 nitrogen and oxygen atoms in total. The summed E-state index contributed by atoms with van der Waals surface area (Å²) in [5, 5.41) is 0. The standard InChI is InChI=1S/C6H18O4Si2/c1-4-8-11(7)12(9-5-2)10-6-3/h7,11-12H,4-6H2,1-3H3. The maximum absolute atomic E-state index is 9.50. The normalized spacial score (nSPS) is 13.8. The molecule has 0 heterocycles. The van der Waals surface area contributed by atoms with Crippen molar-refractivity contribution in [3.8, 4) is 0 Å². The zero-order valence-corrected chi connectivity index (χ0v) is 10.3. The molecule has 0 saturated carbocycles. The number of hydrogen-bond acceptors (Lipinski definition) is 4. The Kier molecular flexibility index (Phi) is 8.08. The fraction of sp³-hybridized carbons (Fsp3) is 1.00. The zero-order valence-electron chi connectivity index (χ0n) is 7.95. The van der Waals surface area contributed by atoms with Gasteiger partial charge in [0, 0.05) is 19.8 Å². The predicted molar refractivity (Wildman–Crippen MR) is 51.4 cm³/mol. The van der Waals surface area contributed by atoms with Crippen LogP contribution >= 0.6 is 0 Å². The van der Waals surface area contributed by atoms with Crippen molar-refractivity contribution in [2.45, 2.75) is 20.8 Å². The fourth-order valence-corrected chi connectivity index (χ4v) is 5.56. The van der Waals surface area contributed by atoms with Crippen LogP contribution in [-0.4, -0.2) is 42.2 Å². The molecular formula is C6H18O4Si2. The van der Waals surface area contributed by atoms with E-state index in [0.717, 1.165) is 0 Å². The van der Waals surface area contributed by atoms with Gasteiger partial charge in [-0.1, -0.05) is 0 Å². The molecule has 0 aliphatic carbocycles. The summed E-state index contributed by atoms with van der Waals surface area (Å²) < 4.78 is 15.7. The topological polar surface area (TPSA) is 47.9 Å². The van der Waals surface area contributed by atoms with Crippen LogP contribution in [0.25, 0.3) is 0 Å². The molecule has 0 rings (SSSR count). The highest BCUT2D eigenvalue weighted by Crippen LogP contribution is 1.95. The summed E-state index contributed by atoms with van der Waals surface area (Å²) >= 11 is 0. The van der Waals surface area contributed by atoms with Gasteiger partial charge in [0.25, 0.3) is 0 Å². The van der Waals surface area contributed by atoms with Crippen molar-refractivity contribution in [2.75, 3.05) is 19.8 Å². The molecule has 0 aliphatic rings. The van der Waals surface area contributed by atoms with E-state index in [-0.39, 0.29) is 0 Å². The molecule has 12 heavy (non-hydrogen) atoms. The summed E-state index contributed by atoms with van der Waals surface area (Å²) in [6, 6.07) is 0. The average Bonchev–Trinajstić information content (AvgIpc) is 2.04. The Labute approximate surface area is 76.9 Å². The predicted octanol–water partition coefficient (Wildman–Crippen LogP) is -0.392. The molecule has 0 saturated heterocycles. The summed E-state index contributed by atoms with van der Waals surface area (Å²) in [4.78, 5) is 9.50. The first kappa shape index (κ1) is 12.3. The van der Waals surface area contributed by atoms with Crippen LogP contribution in [0.1, 0.15) is 20.8 Å². The Balaban J connectivity index is 3.72. The van der Waals surface area contributed by atoms with Crippen LogP contribution in [0.5, 0.6) is 0 Å². The molecule has 1 unspecified atom stereocenters. The van der Waals surface area contributed by atoms with Gasteiger partial charge in [0.1, 0.15) is 0 Å². The van der Waals surface area contributed by atoms with Gasteiger partial charge < -0.3 is 18.1 Å². The van der Waals surface area contributed by atoms with Gasteiger partial charge in [0.15, 0.2) is 0 Å². The van der Waals surface area contributed by atoms with Crippen LogP contribution in [0.4, 0.5) is 0 Å². The minimum atomic E-state index is -2.16. The molecule has 0 bridgehead atoms. The monoisotopic (exact) mass is 210 g/mol. The summed E-state index contributed by atoms with van der Waals surface area (Å²) in [7, 11) is -4.03. The Morgan fingerprint density at radius 3 is 1.67 bits per heavy atom. The third-order valence-corrected chi connectivity index (χ3v) is 6.83. The van der Waals surface area contributed by atoms with E-state index >= 15 is 0 Å². The highest BCUT2D eigenvalue weighted by atomic mass is 29.2. The molecule has 0 amide bonds. The van der Waals surface area contributed by atoms with Crippen molar-refractivity contribution < 1.29 is 18.1 Å². The van der Waals surface area contributed by atoms with Crippen molar-refractivity contribution in [2.24, 2.45) is 0 Å². The molecule has 1 N–H and O–H groups in total. The van der Waals surface area contributed by atoms with Crippen LogP contribution < -0.4 is 0 Å². The molecule has 6 heteroatoms. The van der Waals surface area contributed by atoms with Crippen LogP contribution in [0.3, 0.4) is 0 Å². The molecule has 74 valence electrons. The maximum atomic E-state index is 9.50. The van der Waals surface area contributed by atoms with Gasteiger partial charge >= 0.3 is 17.6 Å². The third-order valence-electron chi connectivity index (χ3n) is 1.23. The van der Waals surface area contributed by atoms with Crippen molar-refractivity contribution in [3.63, 3.8) is 0 Å². The van der Waals surface area contributed by atoms with Crippen LogP contribution in [0, 0.1) is 0 Å². The van der Waals surface area contributed by atoms with Gasteiger partial charge in [0.2, 0.25) is 0 Å². The van der Waals surface area contributed by atoms with E-state index in [2.05, 4.69) is 0 Å². The molecule has 1 atom stereocenters. The minimum Gasteiger partial charge on any atom is -0.412 e. The van der Waals surface area contributed by atoms with E-state index in [1.807, 2.05) is 20.8 Å². The second kappa shape index (κ2) is 7.90. The molecule has 0 fully saturated rings. The Bertz CT molecular complexity index is 97.5. The van der Waals surface area contributed by atoms with E-state index in [0.29, 0.717) is 19.8 Å². The lowest BCUT2D eigenvalue weighted by Gasteiger charge is -2.17. The van der Waals surface area contributed by atoms with Crippen molar-refractivity contribution >= 4 is 17.6 Å². The molecule has 0 spiro atoms. The first-order valence-corrected chi connectivity index (χ1v) is 8.88. The molecule has 0 aliphatic heterocycles. The lowest BCUT2D eigenvalue weighted by atomic mass is 10.9. The van der Waals surface area contributed by atoms with Gasteiger partial charge in [-0.2, -0.15) is 0 Å². The van der Waals surface area contributed by atoms with Gasteiger partial charge in [-0.05, 0) is 20.8 Å². The lowest BCUT2D eigenvalue weighted by molar-refractivity contribution is 0.203. The van der Waals surface area contributed by atoms with Crippen molar-refractivity contribution in [1.29, 1.82) is 0 Å². The maximum Gasteiger partial charge on any atom is 0.364 e. The van der Waals surface area contributed by atoms with E-state index in [4.69, 9.17) is 13.3 Å². The van der Waals surface area contributed by atoms with Gasteiger partial charge in [-0.3, -0.25) is 0 Å². The van der Waals surface area contributed by atoms with E-state index in [9.17, 15) is 4.80 Å². The molecule has 0 aromatic carbocycles. The van der Waals surface area contributed by atoms with Crippen LogP contribution in [0.15, 0.2) is 0 Å². The van der Waals surface area contributed by atoms with Crippen molar-refractivity contribution in [1.82, 2.24) is 0 Å². The molecule has 0 radical (unpaired) electrons. The summed E-state index contributed by atoms with van der Waals surface area (Å²) in [5.74, 6) is 0. The van der Waals surface area contributed by atoms with Crippen molar-refractivity contribution in [3.05, 3.63) is 0 Å². The SMILES string of the molecule is CCO[SiH](O)[SiH](OCC)OCC. The first-order valence-electron chi connectivity index (χ1n) is 4.29. The second-order valence-corrected chi connectivity index (χ2v) is 7.99. The number of hydrogen-bond donors (Lipinski definition) is 1. The summed E-state index contributed by atoms with van der Waals surface area (Å²) in [6.45, 7) is 7.37. The van der Waals surface area contributed by atoms with Gasteiger partial charge in [-0.15, -0.1) is 0 Å². The number of rotatable bonds is 7. The summed E-state index contributed by atoms with van der Waals surface area (Å²) in [5.41, 5.74) is 0. The zero-order chi connectivity index (χ0) is 9.40. The second-order valence-electron chi connectivity index (χ2n) is 2.12. The molecule has 0 aromatic heterocycles. The smallest absolute Gasteiger partial charge is 0.364 e.